The Morgan fingerprint density at radius 3 is 1.67 bits per heavy atom. The highest BCUT2D eigenvalue weighted by molar-refractivity contribution is 5.51. The Morgan fingerprint density at radius 2 is 1.11 bits per heavy atom. The Morgan fingerprint density at radius 1 is 0.644 bits per heavy atom. The molecule has 0 aliphatic carbocycles. The van der Waals surface area contributed by atoms with Gasteiger partial charge in [-0.05, 0) is 158 Å². The molecule has 4 atom stereocenters. The molecular formula is C43H74O2. The fourth-order valence-electron chi connectivity index (χ4n) is 6.57. The molecule has 45 heavy (non-hydrogen) atoms. The Hall–Kier alpha value is -1.96. The Bertz CT molecular complexity index is 1020. The van der Waals surface area contributed by atoms with E-state index >= 15 is 0 Å². The summed E-state index contributed by atoms with van der Waals surface area (Å²) in [4.78, 5) is 0. The van der Waals surface area contributed by atoms with Gasteiger partial charge in [0.1, 0.15) is 11.5 Å². The predicted octanol–water partition coefficient (Wildman–Crippen LogP) is 13.9. The molecule has 258 valence electrons. The third kappa shape index (κ3) is 19.3. The monoisotopic (exact) mass is 623 g/mol. The minimum Gasteiger partial charge on any atom is -0.508 e. The van der Waals surface area contributed by atoms with E-state index < -0.39 is 0 Å². The number of hydrogen-bond acceptors (Lipinski definition) is 2. The first-order valence-electron chi connectivity index (χ1n) is 18.8. The molecule has 0 heterocycles. The molecule has 0 aliphatic heterocycles. The zero-order chi connectivity index (χ0) is 33.8. The summed E-state index contributed by atoms with van der Waals surface area (Å²) in [5.41, 5.74) is 6.95. The zero-order valence-electron chi connectivity index (χ0n) is 31.4. The number of benzene rings is 1. The molecular weight excluding hydrogens is 548 g/mol. The summed E-state index contributed by atoms with van der Waals surface area (Å²) >= 11 is 0. The molecule has 0 saturated carbocycles. The van der Waals surface area contributed by atoms with Crippen molar-refractivity contribution in [2.45, 2.75) is 178 Å². The first-order valence-corrected chi connectivity index (χ1v) is 18.8. The second-order valence-electron chi connectivity index (χ2n) is 15.5. The molecule has 2 heteroatoms. The number of phenols is 2. The highest BCUT2D eigenvalue weighted by atomic mass is 16.3. The Balaban J connectivity index is 2.09. The van der Waals surface area contributed by atoms with Gasteiger partial charge < -0.3 is 10.2 Å². The summed E-state index contributed by atoms with van der Waals surface area (Å²) in [6.07, 6.45) is 27.2. The van der Waals surface area contributed by atoms with Crippen LogP contribution in [0.15, 0.2) is 41.5 Å². The normalized spacial score (nSPS) is 14.6. The third-order valence-electron chi connectivity index (χ3n) is 10.3. The minimum atomic E-state index is 0.296. The second kappa shape index (κ2) is 23.4. The smallest absolute Gasteiger partial charge is 0.122 e. The van der Waals surface area contributed by atoms with Crippen molar-refractivity contribution in [3.05, 3.63) is 58.2 Å². The third-order valence-corrected chi connectivity index (χ3v) is 10.3. The SMILES string of the molecule is C=C(CCCC(C)CCCC(C)CCc1cc(O)c(C)c(C)c1O)CCC[C@H](C)CC/C=C(/C)CCCC(C)CCC=C(C)C. The summed E-state index contributed by atoms with van der Waals surface area (Å²) in [6.45, 7) is 24.5. The van der Waals surface area contributed by atoms with Crippen LogP contribution in [0.3, 0.4) is 0 Å². The van der Waals surface area contributed by atoms with Gasteiger partial charge in [0.25, 0.3) is 0 Å². The van der Waals surface area contributed by atoms with Crippen LogP contribution < -0.4 is 0 Å². The van der Waals surface area contributed by atoms with Crippen molar-refractivity contribution < 1.29 is 10.2 Å². The van der Waals surface area contributed by atoms with Crippen molar-refractivity contribution in [2.24, 2.45) is 23.7 Å². The fourth-order valence-corrected chi connectivity index (χ4v) is 6.57. The van der Waals surface area contributed by atoms with Gasteiger partial charge in [0, 0.05) is 0 Å². The molecule has 2 N–H and O–H groups in total. The van der Waals surface area contributed by atoms with Crippen molar-refractivity contribution in [2.75, 3.05) is 0 Å². The van der Waals surface area contributed by atoms with Gasteiger partial charge in [-0.25, -0.2) is 0 Å². The maximum Gasteiger partial charge on any atom is 0.122 e. The summed E-state index contributed by atoms with van der Waals surface area (Å²) < 4.78 is 0. The molecule has 1 aromatic carbocycles. The molecule has 0 spiro atoms. The van der Waals surface area contributed by atoms with E-state index in [1.807, 2.05) is 13.8 Å². The number of allylic oxidation sites excluding steroid dienone is 5. The van der Waals surface area contributed by atoms with Gasteiger partial charge in [-0.15, -0.1) is 0 Å². The van der Waals surface area contributed by atoms with Crippen LogP contribution in [0.25, 0.3) is 0 Å². The van der Waals surface area contributed by atoms with E-state index in [0.29, 0.717) is 17.4 Å². The lowest BCUT2D eigenvalue weighted by Gasteiger charge is -2.16. The topological polar surface area (TPSA) is 40.5 Å². The molecule has 0 fully saturated rings. The number of aryl methyl sites for hydroxylation is 1. The van der Waals surface area contributed by atoms with E-state index in [-0.39, 0.29) is 0 Å². The summed E-state index contributed by atoms with van der Waals surface area (Å²) in [7, 11) is 0. The van der Waals surface area contributed by atoms with Crippen LogP contribution in [0.5, 0.6) is 11.5 Å². The van der Waals surface area contributed by atoms with Crippen LogP contribution in [-0.4, -0.2) is 10.2 Å². The van der Waals surface area contributed by atoms with Crippen molar-refractivity contribution in [1.29, 1.82) is 0 Å². The van der Waals surface area contributed by atoms with Gasteiger partial charge in [0.05, 0.1) is 0 Å². The molecule has 0 amide bonds. The van der Waals surface area contributed by atoms with E-state index in [1.54, 1.807) is 11.6 Å². The van der Waals surface area contributed by atoms with Crippen molar-refractivity contribution in [3.63, 3.8) is 0 Å². The summed E-state index contributed by atoms with van der Waals surface area (Å²) in [5, 5.41) is 20.6. The van der Waals surface area contributed by atoms with Crippen molar-refractivity contribution >= 4 is 0 Å². The van der Waals surface area contributed by atoms with Gasteiger partial charge in [-0.3, -0.25) is 0 Å². The predicted molar refractivity (Wildman–Crippen MR) is 200 cm³/mol. The lowest BCUT2D eigenvalue weighted by molar-refractivity contribution is 0.401. The molecule has 0 aliphatic rings. The van der Waals surface area contributed by atoms with Crippen LogP contribution in [0.1, 0.15) is 174 Å². The quantitative estimate of drug-likeness (QED) is 0.0841. The zero-order valence-corrected chi connectivity index (χ0v) is 31.4. The van der Waals surface area contributed by atoms with Crippen LogP contribution in [0, 0.1) is 37.5 Å². The Labute approximate surface area is 280 Å². The Kier molecular flexibility index (Phi) is 21.3. The van der Waals surface area contributed by atoms with Gasteiger partial charge in [-0.2, -0.15) is 0 Å². The van der Waals surface area contributed by atoms with Gasteiger partial charge in [0.15, 0.2) is 0 Å². The minimum absolute atomic E-state index is 0.296. The first kappa shape index (κ1) is 41.1. The van der Waals surface area contributed by atoms with Crippen molar-refractivity contribution in [3.8, 4) is 11.5 Å². The average molecular weight is 623 g/mol. The fraction of sp³-hybridized carbons (Fsp3) is 0.721. The number of aromatic hydroxyl groups is 2. The summed E-state index contributed by atoms with van der Waals surface area (Å²) in [6, 6.07) is 1.75. The lowest BCUT2D eigenvalue weighted by atomic mass is 9.90. The van der Waals surface area contributed by atoms with E-state index in [4.69, 9.17) is 0 Å². The number of phenolic OH excluding ortho intramolecular Hbond substituents is 2. The second-order valence-corrected chi connectivity index (χ2v) is 15.5. The van der Waals surface area contributed by atoms with Gasteiger partial charge in [-0.1, -0.05) is 102 Å². The van der Waals surface area contributed by atoms with Crippen LogP contribution in [0.4, 0.5) is 0 Å². The van der Waals surface area contributed by atoms with E-state index in [9.17, 15) is 10.2 Å². The van der Waals surface area contributed by atoms with Crippen molar-refractivity contribution in [1.82, 2.24) is 0 Å². The van der Waals surface area contributed by atoms with Gasteiger partial charge >= 0.3 is 0 Å². The summed E-state index contributed by atoms with van der Waals surface area (Å²) in [5.74, 6) is 3.70. The molecule has 1 rings (SSSR count). The highest BCUT2D eigenvalue weighted by Crippen LogP contribution is 2.33. The maximum absolute atomic E-state index is 10.4. The standard InChI is InChI=1S/C43H74O2/c1-32(2)17-11-18-33(3)19-12-20-34(4)21-13-22-35(5)23-14-24-36(6)25-15-26-37(7)27-16-28-38(8)29-30-41-31-42(44)39(9)40(10)43(41)45/h17,21,31,33,35,37-38,44-45H,6,11-16,18-20,22-30H2,1-5,7-10H3/b34-21-/t33?,35-,37?,38?/m1/s1. The molecule has 1 aromatic rings. The maximum atomic E-state index is 10.4. The van der Waals surface area contributed by atoms with Crippen LogP contribution >= 0.6 is 0 Å². The molecule has 0 radical (unpaired) electrons. The molecule has 0 aromatic heterocycles. The highest BCUT2D eigenvalue weighted by Gasteiger charge is 2.13. The van der Waals surface area contributed by atoms with E-state index in [1.165, 1.54) is 114 Å². The number of rotatable bonds is 25. The molecule has 0 saturated heterocycles. The van der Waals surface area contributed by atoms with E-state index in [2.05, 4.69) is 67.2 Å². The van der Waals surface area contributed by atoms with Crippen LogP contribution in [-0.2, 0) is 6.42 Å². The largest absolute Gasteiger partial charge is 0.508 e. The van der Waals surface area contributed by atoms with Crippen LogP contribution in [0.2, 0.25) is 0 Å². The van der Waals surface area contributed by atoms with Gasteiger partial charge in [0.2, 0.25) is 0 Å². The van der Waals surface area contributed by atoms with E-state index in [0.717, 1.165) is 47.3 Å². The lowest BCUT2D eigenvalue weighted by Crippen LogP contribution is -2.01. The average Bonchev–Trinajstić information content (AvgIpc) is 2.97. The molecule has 2 nitrogen and oxygen atoms in total. The number of hydrogen-bond donors (Lipinski definition) is 2. The first-order chi connectivity index (χ1) is 21.3. The molecule has 0 bridgehead atoms. The molecule has 3 unspecified atom stereocenters.